The van der Waals surface area contributed by atoms with Crippen molar-refractivity contribution in [1.29, 1.82) is 0 Å². The van der Waals surface area contributed by atoms with E-state index < -0.39 is 17.8 Å². The molecule has 0 spiro atoms. The van der Waals surface area contributed by atoms with Gasteiger partial charge in [0.25, 0.3) is 0 Å². The molecule has 148 valence electrons. The first-order valence-corrected chi connectivity index (χ1v) is 8.63. The number of aliphatic hydroxyl groups excluding tert-OH is 1. The largest absolute Gasteiger partial charge is 0.496 e. The normalized spacial score (nSPS) is 13.1. The molecular formula is C19H24F3N3O2. The van der Waals surface area contributed by atoms with Gasteiger partial charge in [0.2, 0.25) is 0 Å². The Bertz CT molecular complexity index is 781. The zero-order valence-electron chi connectivity index (χ0n) is 15.8. The number of aliphatic hydroxyl groups is 1. The van der Waals surface area contributed by atoms with E-state index in [-0.39, 0.29) is 5.75 Å². The zero-order valence-corrected chi connectivity index (χ0v) is 15.8. The van der Waals surface area contributed by atoms with E-state index in [0.29, 0.717) is 35.5 Å². The summed E-state index contributed by atoms with van der Waals surface area (Å²) in [5.41, 5.74) is 1.18. The topological polar surface area (TPSA) is 58.5 Å². The number of hydrogen-bond acceptors (Lipinski definition) is 5. The summed E-state index contributed by atoms with van der Waals surface area (Å²) in [6.07, 6.45) is -4.69. The first-order valence-electron chi connectivity index (χ1n) is 8.63. The second kappa shape index (κ2) is 8.67. The minimum Gasteiger partial charge on any atom is -0.496 e. The number of hydrogen-bond donors (Lipinski definition) is 1. The summed E-state index contributed by atoms with van der Waals surface area (Å²) in [5.74, 6) is 0.0695. The van der Waals surface area contributed by atoms with E-state index in [1.165, 1.54) is 13.2 Å². The Morgan fingerprint density at radius 1 is 1.22 bits per heavy atom. The minimum atomic E-state index is -4.45. The molecule has 0 aliphatic heterocycles. The minimum absolute atomic E-state index is 0.0695. The van der Waals surface area contributed by atoms with Gasteiger partial charge in [0, 0.05) is 12.1 Å². The first-order chi connectivity index (χ1) is 12.7. The lowest BCUT2D eigenvalue weighted by molar-refractivity contribution is -0.137. The molecular weight excluding hydrogens is 359 g/mol. The fourth-order valence-electron chi connectivity index (χ4n) is 2.65. The molecule has 0 saturated heterocycles. The van der Waals surface area contributed by atoms with E-state index in [2.05, 4.69) is 15.1 Å². The Morgan fingerprint density at radius 2 is 1.93 bits per heavy atom. The maximum atomic E-state index is 12.9. The average molecular weight is 383 g/mol. The molecule has 1 aromatic heterocycles. The maximum Gasteiger partial charge on any atom is 0.416 e. The molecule has 27 heavy (non-hydrogen) atoms. The lowest BCUT2D eigenvalue weighted by atomic mass is 10.0. The summed E-state index contributed by atoms with van der Waals surface area (Å²) in [6.45, 7) is 5.40. The van der Waals surface area contributed by atoms with Crippen molar-refractivity contribution in [3.8, 4) is 17.0 Å². The molecule has 1 heterocycles. The summed E-state index contributed by atoms with van der Waals surface area (Å²) in [7, 11) is 3.27. The fraction of sp³-hybridized carbons (Fsp3) is 0.474. The Balaban J connectivity index is 2.30. The van der Waals surface area contributed by atoms with Crippen LogP contribution in [0.15, 0.2) is 24.3 Å². The predicted molar refractivity (Wildman–Crippen MR) is 96.5 cm³/mol. The Hall–Kier alpha value is -2.19. The van der Waals surface area contributed by atoms with E-state index in [1.807, 2.05) is 14.0 Å². The van der Waals surface area contributed by atoms with Crippen LogP contribution in [-0.4, -0.2) is 47.5 Å². The van der Waals surface area contributed by atoms with Crippen molar-refractivity contribution >= 4 is 0 Å². The van der Waals surface area contributed by atoms with Crippen LogP contribution in [0.4, 0.5) is 13.2 Å². The number of rotatable bonds is 7. The van der Waals surface area contributed by atoms with Crippen molar-refractivity contribution in [3.63, 3.8) is 0 Å². The quantitative estimate of drug-likeness (QED) is 0.787. The molecule has 1 N–H and O–H groups in total. The highest BCUT2D eigenvalue weighted by molar-refractivity contribution is 5.70. The highest BCUT2D eigenvalue weighted by atomic mass is 19.4. The number of nitrogens with zero attached hydrogens (tertiary/aromatic N) is 3. The number of alkyl halides is 3. The van der Waals surface area contributed by atoms with Crippen molar-refractivity contribution in [3.05, 3.63) is 41.1 Å². The fourth-order valence-corrected chi connectivity index (χ4v) is 2.65. The molecule has 0 aliphatic carbocycles. The average Bonchev–Trinajstić information content (AvgIpc) is 2.64. The SMILES string of the molecule is CCN(C)CCC(O)c1cc(C)c(-c2ccc(C(F)(F)F)cc2OC)nn1. The summed E-state index contributed by atoms with van der Waals surface area (Å²) >= 11 is 0. The second-order valence-electron chi connectivity index (χ2n) is 6.41. The van der Waals surface area contributed by atoms with Crippen molar-refractivity contribution in [2.45, 2.75) is 32.5 Å². The standard InChI is InChI=1S/C19H24F3N3O2/c1-5-25(3)9-8-16(26)15-10-12(2)18(24-23-15)14-7-6-13(19(20,21)22)11-17(14)27-4/h6-7,10-11,16,26H,5,8-9H2,1-4H3. The van der Waals surface area contributed by atoms with Crippen LogP contribution in [0.1, 0.15) is 36.3 Å². The summed E-state index contributed by atoms with van der Waals surface area (Å²) in [5, 5.41) is 18.5. The van der Waals surface area contributed by atoms with Crippen LogP contribution in [0.25, 0.3) is 11.3 Å². The molecule has 1 unspecified atom stereocenters. The van der Waals surface area contributed by atoms with Crippen LogP contribution in [-0.2, 0) is 6.18 Å². The third-order valence-corrected chi connectivity index (χ3v) is 4.45. The van der Waals surface area contributed by atoms with Gasteiger partial charge in [-0.1, -0.05) is 6.92 Å². The Kier molecular flexibility index (Phi) is 6.78. The summed E-state index contributed by atoms with van der Waals surface area (Å²) < 4.78 is 43.8. The molecule has 0 amide bonds. The lowest BCUT2D eigenvalue weighted by Crippen LogP contribution is -2.21. The highest BCUT2D eigenvalue weighted by Gasteiger charge is 2.31. The molecule has 0 radical (unpaired) electrons. The number of methoxy groups -OCH3 is 1. The summed E-state index contributed by atoms with van der Waals surface area (Å²) in [4.78, 5) is 2.07. The van der Waals surface area contributed by atoms with Crippen molar-refractivity contribution in [2.75, 3.05) is 27.2 Å². The van der Waals surface area contributed by atoms with Crippen LogP contribution < -0.4 is 4.74 Å². The first kappa shape index (κ1) is 21.1. The molecule has 0 aliphatic rings. The van der Waals surface area contributed by atoms with Gasteiger partial charge in [-0.3, -0.25) is 0 Å². The van der Waals surface area contributed by atoms with Gasteiger partial charge in [-0.05, 0) is 56.8 Å². The lowest BCUT2D eigenvalue weighted by Gasteiger charge is -2.17. The number of aromatic nitrogens is 2. The molecule has 0 bridgehead atoms. The molecule has 5 nitrogen and oxygen atoms in total. The summed E-state index contributed by atoms with van der Waals surface area (Å²) in [6, 6.07) is 4.96. The highest BCUT2D eigenvalue weighted by Crippen LogP contribution is 2.37. The van der Waals surface area contributed by atoms with Crippen molar-refractivity contribution < 1.29 is 23.0 Å². The van der Waals surface area contributed by atoms with E-state index >= 15 is 0 Å². The van der Waals surface area contributed by atoms with Crippen LogP contribution >= 0.6 is 0 Å². The smallest absolute Gasteiger partial charge is 0.416 e. The van der Waals surface area contributed by atoms with Crippen LogP contribution in [0.2, 0.25) is 0 Å². The Morgan fingerprint density at radius 3 is 2.48 bits per heavy atom. The Labute approximate surface area is 156 Å². The van der Waals surface area contributed by atoms with Crippen LogP contribution in [0.3, 0.4) is 0 Å². The molecule has 1 atom stereocenters. The van der Waals surface area contributed by atoms with E-state index in [1.54, 1.807) is 13.0 Å². The van der Waals surface area contributed by atoms with Gasteiger partial charge in [0.05, 0.1) is 30.2 Å². The monoisotopic (exact) mass is 383 g/mol. The third kappa shape index (κ3) is 5.17. The molecule has 8 heteroatoms. The number of benzene rings is 1. The van der Waals surface area contributed by atoms with Crippen LogP contribution in [0.5, 0.6) is 5.75 Å². The van der Waals surface area contributed by atoms with E-state index in [9.17, 15) is 18.3 Å². The van der Waals surface area contributed by atoms with Gasteiger partial charge >= 0.3 is 6.18 Å². The third-order valence-electron chi connectivity index (χ3n) is 4.45. The maximum absolute atomic E-state index is 12.9. The molecule has 2 rings (SSSR count). The second-order valence-corrected chi connectivity index (χ2v) is 6.41. The molecule has 0 saturated carbocycles. The predicted octanol–water partition coefficient (Wildman–Crippen LogP) is 3.85. The van der Waals surface area contributed by atoms with Crippen molar-refractivity contribution in [1.82, 2.24) is 15.1 Å². The van der Waals surface area contributed by atoms with Gasteiger partial charge in [0.1, 0.15) is 5.75 Å². The van der Waals surface area contributed by atoms with Gasteiger partial charge in [-0.15, -0.1) is 5.10 Å². The number of halogens is 3. The van der Waals surface area contributed by atoms with E-state index in [4.69, 9.17) is 4.74 Å². The molecule has 1 aromatic carbocycles. The number of ether oxygens (including phenoxy) is 1. The molecule has 0 fully saturated rings. The zero-order chi connectivity index (χ0) is 20.2. The van der Waals surface area contributed by atoms with Crippen molar-refractivity contribution in [2.24, 2.45) is 0 Å². The number of aryl methyl sites for hydroxylation is 1. The van der Waals surface area contributed by atoms with Gasteiger partial charge < -0.3 is 14.7 Å². The van der Waals surface area contributed by atoms with Crippen LogP contribution in [0, 0.1) is 6.92 Å². The van der Waals surface area contributed by atoms with Gasteiger partial charge in [0.15, 0.2) is 0 Å². The van der Waals surface area contributed by atoms with Gasteiger partial charge in [-0.25, -0.2) is 0 Å². The molecule has 2 aromatic rings. The van der Waals surface area contributed by atoms with Gasteiger partial charge in [-0.2, -0.15) is 18.3 Å². The van der Waals surface area contributed by atoms with E-state index in [0.717, 1.165) is 18.7 Å².